The van der Waals surface area contributed by atoms with Crippen molar-refractivity contribution in [2.45, 2.75) is 19.1 Å². The van der Waals surface area contributed by atoms with E-state index in [-0.39, 0.29) is 34.5 Å². The van der Waals surface area contributed by atoms with Gasteiger partial charge in [0.05, 0.1) is 27.4 Å². The maximum atomic E-state index is 13.7. The molecule has 3 heterocycles. The van der Waals surface area contributed by atoms with E-state index in [1.54, 1.807) is 32.1 Å². The summed E-state index contributed by atoms with van der Waals surface area (Å²) in [6, 6.07) is 10.1. The first-order valence-electron chi connectivity index (χ1n) is 13.1. The van der Waals surface area contributed by atoms with Crippen LogP contribution in [-0.2, 0) is 6.18 Å². The molecule has 2 aromatic carbocycles. The number of rotatable bonds is 7. The van der Waals surface area contributed by atoms with Gasteiger partial charge < -0.3 is 34.2 Å². The van der Waals surface area contributed by atoms with Crippen LogP contribution in [0.2, 0.25) is 0 Å². The number of nitrogens with zero attached hydrogens (tertiary/aromatic N) is 4. The lowest BCUT2D eigenvalue weighted by molar-refractivity contribution is -0.140. The zero-order chi connectivity index (χ0) is 30.2. The van der Waals surface area contributed by atoms with E-state index >= 15 is 0 Å². The molecular formula is C29H30F3N5O5. The fraction of sp³-hybridized carbons (Fsp3) is 0.345. The number of piperazine rings is 1. The van der Waals surface area contributed by atoms with Crippen molar-refractivity contribution in [1.29, 1.82) is 0 Å². The van der Waals surface area contributed by atoms with E-state index < -0.39 is 17.9 Å². The van der Waals surface area contributed by atoms with Crippen LogP contribution in [0.1, 0.15) is 34.9 Å². The molecule has 1 amide bonds. The molecule has 222 valence electrons. The van der Waals surface area contributed by atoms with Crippen LogP contribution in [0, 0.1) is 0 Å². The van der Waals surface area contributed by atoms with Crippen molar-refractivity contribution in [2.24, 2.45) is 5.73 Å². The minimum Gasteiger partial charge on any atom is -0.494 e. The molecule has 42 heavy (non-hydrogen) atoms. The number of methoxy groups -OCH3 is 3. The van der Waals surface area contributed by atoms with Crippen LogP contribution in [0.4, 0.5) is 18.9 Å². The number of benzene rings is 2. The van der Waals surface area contributed by atoms with Gasteiger partial charge in [0.15, 0.2) is 11.5 Å². The highest BCUT2D eigenvalue weighted by Crippen LogP contribution is 2.39. The van der Waals surface area contributed by atoms with Crippen LogP contribution < -0.4 is 24.8 Å². The van der Waals surface area contributed by atoms with Crippen LogP contribution in [-0.4, -0.2) is 68.3 Å². The van der Waals surface area contributed by atoms with Gasteiger partial charge in [-0.05, 0) is 43.3 Å². The minimum absolute atomic E-state index is 0.0128. The Kier molecular flexibility index (Phi) is 7.87. The van der Waals surface area contributed by atoms with Crippen molar-refractivity contribution in [3.8, 4) is 28.7 Å². The fourth-order valence-corrected chi connectivity index (χ4v) is 5.04. The predicted octanol–water partition coefficient (Wildman–Crippen LogP) is 4.92. The highest BCUT2D eigenvalue weighted by molar-refractivity contribution is 5.98. The maximum absolute atomic E-state index is 13.7. The van der Waals surface area contributed by atoms with Gasteiger partial charge in [-0.1, -0.05) is 6.07 Å². The Labute approximate surface area is 239 Å². The summed E-state index contributed by atoms with van der Waals surface area (Å²) < 4.78 is 62.4. The molecule has 4 aromatic rings. The van der Waals surface area contributed by atoms with Crippen molar-refractivity contribution in [3.05, 3.63) is 59.6 Å². The number of oxazole rings is 1. The minimum atomic E-state index is -4.64. The maximum Gasteiger partial charge on any atom is 0.433 e. The summed E-state index contributed by atoms with van der Waals surface area (Å²) in [5.41, 5.74) is 6.30. The van der Waals surface area contributed by atoms with Crippen molar-refractivity contribution < 1.29 is 36.6 Å². The SMILES string of the molecule is COc1cccc(OC)c1N1CCN(C(=O)c2nc(-c3ccc(OC)c4nc(C(F)(F)F)ccc34)oc2[C@H](C)N)CC1. The Bertz CT molecular complexity index is 1590. The smallest absolute Gasteiger partial charge is 0.433 e. The molecule has 0 aliphatic carbocycles. The zero-order valence-corrected chi connectivity index (χ0v) is 23.5. The topological polar surface area (TPSA) is 116 Å². The third-order valence-electron chi connectivity index (χ3n) is 7.12. The molecule has 1 fully saturated rings. The first kappa shape index (κ1) is 29.0. The third kappa shape index (κ3) is 5.27. The molecule has 10 nitrogen and oxygen atoms in total. The monoisotopic (exact) mass is 585 g/mol. The number of carbonyl (C=O) groups is 1. The average molecular weight is 586 g/mol. The number of para-hydroxylation sites is 1. The van der Waals surface area contributed by atoms with Crippen LogP contribution >= 0.6 is 0 Å². The summed E-state index contributed by atoms with van der Waals surface area (Å²) in [7, 11) is 4.52. The van der Waals surface area contributed by atoms with E-state index in [9.17, 15) is 18.0 Å². The van der Waals surface area contributed by atoms with Gasteiger partial charge in [-0.2, -0.15) is 13.2 Å². The number of halogens is 3. The number of ether oxygens (including phenoxy) is 3. The predicted molar refractivity (Wildman–Crippen MR) is 149 cm³/mol. The molecule has 1 aliphatic rings. The van der Waals surface area contributed by atoms with Gasteiger partial charge >= 0.3 is 6.18 Å². The van der Waals surface area contributed by atoms with Gasteiger partial charge in [-0.25, -0.2) is 9.97 Å². The van der Waals surface area contributed by atoms with E-state index in [0.717, 1.165) is 11.8 Å². The highest BCUT2D eigenvalue weighted by Gasteiger charge is 2.34. The Morgan fingerprint density at radius 1 is 0.929 bits per heavy atom. The number of hydrogen-bond donors (Lipinski definition) is 1. The normalized spacial score (nSPS) is 14.7. The Hall–Kier alpha value is -4.52. The number of nitrogens with two attached hydrogens (primary N) is 1. The number of hydrogen-bond acceptors (Lipinski definition) is 9. The highest BCUT2D eigenvalue weighted by atomic mass is 19.4. The Morgan fingerprint density at radius 3 is 2.14 bits per heavy atom. The van der Waals surface area contributed by atoms with Gasteiger partial charge in [-0.3, -0.25) is 4.79 Å². The number of aromatic nitrogens is 2. The molecule has 1 saturated heterocycles. The summed E-state index contributed by atoms with van der Waals surface area (Å²) in [6.45, 7) is 3.46. The van der Waals surface area contributed by atoms with Gasteiger partial charge in [0.1, 0.15) is 34.1 Å². The standard InChI is InChI=1S/C29H30F3N5O5/c1-16(33)26-24(28(38)37-14-12-36(13-15-37)25-20(40-3)6-5-7-21(25)41-4)35-27(42-26)18-8-10-19(39-2)23-17(18)9-11-22(34-23)29(30,31)32/h5-11,16H,12-15,33H2,1-4H3/t16-/m0/s1. The quantitative estimate of drug-likeness (QED) is 0.323. The van der Waals surface area contributed by atoms with E-state index in [4.69, 9.17) is 24.4 Å². The lowest BCUT2D eigenvalue weighted by atomic mass is 10.1. The summed E-state index contributed by atoms with van der Waals surface area (Å²) in [4.78, 5) is 25.7. The van der Waals surface area contributed by atoms with Crippen LogP contribution in [0.5, 0.6) is 17.2 Å². The molecule has 0 bridgehead atoms. The van der Waals surface area contributed by atoms with E-state index in [1.165, 1.54) is 19.2 Å². The molecule has 0 spiro atoms. The summed E-state index contributed by atoms with van der Waals surface area (Å²) >= 11 is 0. The molecule has 0 unspecified atom stereocenters. The van der Waals surface area contributed by atoms with Crippen LogP contribution in [0.15, 0.2) is 46.9 Å². The van der Waals surface area contributed by atoms with Crippen molar-refractivity contribution in [2.75, 3.05) is 52.4 Å². The summed E-state index contributed by atoms with van der Waals surface area (Å²) in [5.74, 6) is 1.33. The molecule has 1 atom stereocenters. The van der Waals surface area contributed by atoms with Gasteiger partial charge in [0.25, 0.3) is 5.91 Å². The molecule has 2 aromatic heterocycles. The number of anilines is 1. The number of fused-ring (bicyclic) bond motifs is 1. The fourth-order valence-electron chi connectivity index (χ4n) is 5.04. The molecule has 1 aliphatic heterocycles. The Morgan fingerprint density at radius 2 is 1.57 bits per heavy atom. The summed E-state index contributed by atoms with van der Waals surface area (Å²) in [5, 5.41) is 0.318. The molecular weight excluding hydrogens is 555 g/mol. The van der Waals surface area contributed by atoms with E-state index in [2.05, 4.69) is 14.9 Å². The van der Waals surface area contributed by atoms with Crippen molar-refractivity contribution in [1.82, 2.24) is 14.9 Å². The summed E-state index contributed by atoms with van der Waals surface area (Å²) in [6.07, 6.45) is -4.64. The second kappa shape index (κ2) is 11.4. The van der Waals surface area contributed by atoms with Gasteiger partial charge in [0, 0.05) is 37.1 Å². The number of pyridine rings is 1. The second-order valence-corrected chi connectivity index (χ2v) is 9.72. The van der Waals surface area contributed by atoms with Crippen molar-refractivity contribution >= 4 is 22.5 Å². The molecule has 0 radical (unpaired) electrons. The number of amides is 1. The third-order valence-corrected chi connectivity index (χ3v) is 7.12. The second-order valence-electron chi connectivity index (χ2n) is 9.72. The molecule has 5 rings (SSSR count). The molecule has 2 N–H and O–H groups in total. The molecule has 0 saturated carbocycles. The zero-order valence-electron chi connectivity index (χ0n) is 23.5. The number of alkyl halides is 3. The first-order valence-corrected chi connectivity index (χ1v) is 13.1. The lowest BCUT2D eigenvalue weighted by Gasteiger charge is -2.37. The van der Waals surface area contributed by atoms with Crippen LogP contribution in [0.3, 0.4) is 0 Å². The largest absolute Gasteiger partial charge is 0.494 e. The Balaban J connectivity index is 1.46. The van der Waals surface area contributed by atoms with Gasteiger partial charge in [0.2, 0.25) is 5.89 Å². The van der Waals surface area contributed by atoms with Crippen LogP contribution in [0.25, 0.3) is 22.4 Å². The average Bonchev–Trinajstić information content (AvgIpc) is 3.44. The van der Waals surface area contributed by atoms with Gasteiger partial charge in [-0.15, -0.1) is 0 Å². The first-order chi connectivity index (χ1) is 20.1. The van der Waals surface area contributed by atoms with E-state index in [0.29, 0.717) is 48.6 Å². The van der Waals surface area contributed by atoms with E-state index in [1.807, 2.05) is 18.2 Å². The number of carbonyl (C=O) groups excluding carboxylic acids is 1. The lowest BCUT2D eigenvalue weighted by Crippen LogP contribution is -2.49. The molecule has 13 heteroatoms. The van der Waals surface area contributed by atoms with Crippen molar-refractivity contribution in [3.63, 3.8) is 0 Å².